The number of hydrogen-bond donors (Lipinski definition) is 3. The van der Waals surface area contributed by atoms with Crippen LogP contribution in [0.3, 0.4) is 0 Å². The lowest BCUT2D eigenvalue weighted by Crippen LogP contribution is -2.37. The third-order valence-corrected chi connectivity index (χ3v) is 6.58. The van der Waals surface area contributed by atoms with E-state index in [1.165, 1.54) is 17.8 Å². The molecule has 0 unspecified atom stereocenters. The Labute approximate surface area is 194 Å². The van der Waals surface area contributed by atoms with E-state index in [4.69, 9.17) is 0 Å². The minimum atomic E-state index is -0.814. The van der Waals surface area contributed by atoms with Crippen molar-refractivity contribution in [1.82, 2.24) is 10.3 Å². The number of halogens is 1. The lowest BCUT2D eigenvalue weighted by atomic mass is 9.86. The summed E-state index contributed by atoms with van der Waals surface area (Å²) in [5.74, 6) is -1.41. The molecule has 0 amide bonds. The van der Waals surface area contributed by atoms with Gasteiger partial charge in [-0.3, -0.25) is 9.78 Å². The van der Waals surface area contributed by atoms with Crippen LogP contribution in [0.25, 0.3) is 0 Å². The third kappa shape index (κ3) is 5.40. The molecule has 33 heavy (non-hydrogen) atoms. The van der Waals surface area contributed by atoms with Crippen molar-refractivity contribution in [1.29, 1.82) is 0 Å². The molecule has 0 radical (unpaired) electrons. The second kappa shape index (κ2) is 10.1. The van der Waals surface area contributed by atoms with Crippen molar-refractivity contribution in [2.45, 2.75) is 38.6 Å². The second-order valence-corrected chi connectivity index (χ2v) is 8.83. The first kappa shape index (κ1) is 22.9. The lowest BCUT2D eigenvalue weighted by molar-refractivity contribution is -0.138. The van der Waals surface area contributed by atoms with E-state index in [9.17, 15) is 14.3 Å². The molecular formula is C27H30FN3O2. The smallest absolute Gasteiger partial charge is 0.310 e. The maximum atomic E-state index is 13.6. The van der Waals surface area contributed by atoms with Gasteiger partial charge in [-0.05, 0) is 55.5 Å². The van der Waals surface area contributed by atoms with E-state index in [0.717, 1.165) is 54.0 Å². The molecule has 1 aliphatic rings. The van der Waals surface area contributed by atoms with Crippen LogP contribution in [-0.4, -0.2) is 29.1 Å². The molecule has 172 valence electrons. The molecule has 5 nitrogen and oxygen atoms in total. The van der Waals surface area contributed by atoms with Crippen molar-refractivity contribution in [2.75, 3.05) is 18.4 Å². The standard InChI is InChI=1S/C27H30FN3O2/c1-17-8-9-21(18(2)27(32)33)12-20(17)10-11-29-26(19-6-4-3-5-7-19)22-13-24-25(30-15-22)14-23(28)16-31-24/h3-9,12,14,16,18,22,26,29-30H,10-11,13,15H2,1-2H3,(H,32,33)/t18-,22-,26-/m1/s1. The zero-order valence-electron chi connectivity index (χ0n) is 19.0. The van der Waals surface area contributed by atoms with Crippen LogP contribution in [0.5, 0.6) is 0 Å². The quantitative estimate of drug-likeness (QED) is 0.459. The molecule has 4 rings (SSSR count). The molecule has 0 bridgehead atoms. The van der Waals surface area contributed by atoms with Gasteiger partial charge < -0.3 is 15.7 Å². The second-order valence-electron chi connectivity index (χ2n) is 8.83. The van der Waals surface area contributed by atoms with E-state index in [-0.39, 0.29) is 17.8 Å². The Balaban J connectivity index is 1.49. The predicted octanol–water partition coefficient (Wildman–Crippen LogP) is 4.88. The fourth-order valence-corrected chi connectivity index (χ4v) is 4.53. The number of fused-ring (bicyclic) bond motifs is 1. The number of rotatable bonds is 8. The number of aliphatic carboxylic acids is 1. The van der Waals surface area contributed by atoms with Gasteiger partial charge in [-0.15, -0.1) is 0 Å². The maximum absolute atomic E-state index is 13.6. The average Bonchev–Trinajstić information content (AvgIpc) is 2.82. The highest BCUT2D eigenvalue weighted by Crippen LogP contribution is 2.31. The van der Waals surface area contributed by atoms with Gasteiger partial charge in [-0.25, -0.2) is 4.39 Å². The number of aromatic nitrogens is 1. The Bertz CT molecular complexity index is 1120. The summed E-state index contributed by atoms with van der Waals surface area (Å²) in [4.78, 5) is 15.7. The molecule has 1 aliphatic heterocycles. The summed E-state index contributed by atoms with van der Waals surface area (Å²) in [6, 6.07) is 17.9. The molecule has 0 saturated carbocycles. The molecule has 2 heterocycles. The van der Waals surface area contributed by atoms with Crippen LogP contribution < -0.4 is 10.6 Å². The molecule has 0 spiro atoms. The minimum Gasteiger partial charge on any atom is -0.481 e. The summed E-state index contributed by atoms with van der Waals surface area (Å²) in [6.07, 6.45) is 2.84. The zero-order valence-corrected chi connectivity index (χ0v) is 19.0. The largest absolute Gasteiger partial charge is 0.481 e. The van der Waals surface area contributed by atoms with Crippen LogP contribution >= 0.6 is 0 Å². The van der Waals surface area contributed by atoms with Crippen LogP contribution in [0.1, 0.15) is 46.8 Å². The van der Waals surface area contributed by atoms with Gasteiger partial charge in [0.1, 0.15) is 5.82 Å². The van der Waals surface area contributed by atoms with Gasteiger partial charge in [0.05, 0.1) is 23.5 Å². The number of carboxylic acids is 1. The number of anilines is 1. The van der Waals surface area contributed by atoms with Crippen LogP contribution in [-0.2, 0) is 17.6 Å². The van der Waals surface area contributed by atoms with E-state index in [0.29, 0.717) is 0 Å². The van der Waals surface area contributed by atoms with Gasteiger partial charge in [0.15, 0.2) is 0 Å². The van der Waals surface area contributed by atoms with Crippen molar-refractivity contribution in [3.63, 3.8) is 0 Å². The van der Waals surface area contributed by atoms with Gasteiger partial charge >= 0.3 is 5.97 Å². The summed E-state index contributed by atoms with van der Waals surface area (Å²) < 4.78 is 13.6. The summed E-state index contributed by atoms with van der Waals surface area (Å²) >= 11 is 0. The summed E-state index contributed by atoms with van der Waals surface area (Å²) in [5, 5.41) is 16.4. The highest BCUT2D eigenvalue weighted by Gasteiger charge is 2.28. The Hall–Kier alpha value is -3.25. The molecule has 1 aromatic heterocycles. The van der Waals surface area contributed by atoms with Crippen molar-refractivity contribution < 1.29 is 14.3 Å². The van der Waals surface area contributed by atoms with Gasteiger partial charge in [-0.1, -0.05) is 48.5 Å². The van der Waals surface area contributed by atoms with E-state index < -0.39 is 11.9 Å². The molecule has 2 aromatic carbocycles. The molecule has 0 saturated heterocycles. The normalized spacial score (nSPS) is 17.0. The van der Waals surface area contributed by atoms with E-state index in [1.54, 1.807) is 6.92 Å². The topological polar surface area (TPSA) is 74.2 Å². The fourth-order valence-electron chi connectivity index (χ4n) is 4.53. The van der Waals surface area contributed by atoms with Crippen molar-refractivity contribution in [2.24, 2.45) is 5.92 Å². The molecule has 3 N–H and O–H groups in total. The van der Waals surface area contributed by atoms with Crippen molar-refractivity contribution in [3.8, 4) is 0 Å². The summed E-state index contributed by atoms with van der Waals surface area (Å²) in [7, 11) is 0. The Kier molecular flexibility index (Phi) is 7.04. The first-order chi connectivity index (χ1) is 15.9. The molecule has 6 heteroatoms. The first-order valence-electron chi connectivity index (χ1n) is 11.4. The average molecular weight is 448 g/mol. The SMILES string of the molecule is Cc1ccc([C@@H](C)C(=O)O)cc1CCN[C@H](c1ccccc1)[C@H]1CNc2cc(F)cnc2C1. The predicted molar refractivity (Wildman–Crippen MR) is 128 cm³/mol. The number of aryl methyl sites for hydroxylation is 1. The highest BCUT2D eigenvalue weighted by molar-refractivity contribution is 5.75. The van der Waals surface area contributed by atoms with E-state index >= 15 is 0 Å². The molecule has 3 atom stereocenters. The van der Waals surface area contributed by atoms with Crippen LogP contribution in [0.4, 0.5) is 10.1 Å². The summed E-state index contributed by atoms with van der Waals surface area (Å²) in [6.45, 7) is 5.27. The molecule has 3 aromatic rings. The Morgan fingerprint density at radius 3 is 2.76 bits per heavy atom. The van der Waals surface area contributed by atoms with Gasteiger partial charge in [0.25, 0.3) is 0 Å². The maximum Gasteiger partial charge on any atom is 0.310 e. The zero-order chi connectivity index (χ0) is 23.4. The van der Waals surface area contributed by atoms with Gasteiger partial charge in [0, 0.05) is 24.6 Å². The highest BCUT2D eigenvalue weighted by atomic mass is 19.1. The van der Waals surface area contributed by atoms with Gasteiger partial charge in [-0.2, -0.15) is 0 Å². The molecule has 0 aliphatic carbocycles. The van der Waals surface area contributed by atoms with Crippen molar-refractivity contribution >= 4 is 11.7 Å². The Morgan fingerprint density at radius 2 is 2.00 bits per heavy atom. The van der Waals surface area contributed by atoms with E-state index in [2.05, 4.69) is 34.7 Å². The monoisotopic (exact) mass is 447 g/mol. The first-order valence-corrected chi connectivity index (χ1v) is 11.4. The number of hydrogen-bond acceptors (Lipinski definition) is 4. The number of nitrogens with one attached hydrogen (secondary N) is 2. The lowest BCUT2D eigenvalue weighted by Gasteiger charge is -2.33. The van der Waals surface area contributed by atoms with Crippen LogP contribution in [0.2, 0.25) is 0 Å². The van der Waals surface area contributed by atoms with Crippen molar-refractivity contribution in [3.05, 3.63) is 94.6 Å². The fraction of sp³-hybridized carbons (Fsp3) is 0.333. The molecular weight excluding hydrogens is 417 g/mol. The molecule has 0 fully saturated rings. The Morgan fingerprint density at radius 1 is 1.21 bits per heavy atom. The number of benzene rings is 2. The number of pyridine rings is 1. The number of carboxylic acid groups (broad SMARTS) is 1. The number of nitrogens with zero attached hydrogens (tertiary/aromatic N) is 1. The van der Waals surface area contributed by atoms with Crippen LogP contribution in [0, 0.1) is 18.7 Å². The van der Waals surface area contributed by atoms with Crippen LogP contribution in [0.15, 0.2) is 60.8 Å². The minimum absolute atomic E-state index is 0.111. The van der Waals surface area contributed by atoms with Gasteiger partial charge in [0.2, 0.25) is 0 Å². The van der Waals surface area contributed by atoms with E-state index in [1.807, 2.05) is 36.4 Å². The third-order valence-electron chi connectivity index (χ3n) is 6.58. The number of carbonyl (C=O) groups is 1. The summed E-state index contributed by atoms with van der Waals surface area (Å²) in [5.41, 5.74) is 6.02.